The van der Waals surface area contributed by atoms with Crippen molar-refractivity contribution in [2.24, 2.45) is 23.7 Å². The van der Waals surface area contributed by atoms with Crippen molar-refractivity contribution < 1.29 is 18.3 Å². The quantitative estimate of drug-likeness (QED) is 0.771. The van der Waals surface area contributed by atoms with Gasteiger partial charge in [0.1, 0.15) is 0 Å². The number of amides is 1. The predicted molar refractivity (Wildman–Crippen MR) is 106 cm³/mol. The molecule has 1 aromatic heterocycles. The minimum absolute atomic E-state index is 0.0596. The summed E-state index contributed by atoms with van der Waals surface area (Å²) in [6.45, 7) is 0.687. The maximum Gasteiger partial charge on any atom is 0.260 e. The number of carbonyl (C=O) groups excluding carboxylic acids is 1. The summed E-state index contributed by atoms with van der Waals surface area (Å²) in [5.41, 5.74) is -0.497. The normalized spacial score (nSPS) is 37.6. The summed E-state index contributed by atoms with van der Waals surface area (Å²) in [6, 6.07) is 5.04. The molecule has 29 heavy (non-hydrogen) atoms. The number of piperidine rings is 1. The molecular weight excluding hydrogens is 390 g/mol. The van der Waals surface area contributed by atoms with Gasteiger partial charge in [0.15, 0.2) is 5.03 Å². The molecule has 7 nitrogen and oxygen atoms in total. The first kappa shape index (κ1) is 19.5. The standard InChI is InChI=1S/C21H29N3O4S/c25-20(23-19-16-9-14-10-17(19)13-21(26,11-14)12-16)15-4-7-24(8-5-15)29(27,28)18-3-1-2-6-22-18/h1-3,6,14-17,19,26H,4-5,7-13H2,(H,23,25). The summed E-state index contributed by atoms with van der Waals surface area (Å²) in [6.07, 6.45) is 7.34. The zero-order valence-corrected chi connectivity index (χ0v) is 17.4. The van der Waals surface area contributed by atoms with Crippen molar-refractivity contribution in [2.45, 2.75) is 61.6 Å². The first-order valence-electron chi connectivity index (χ1n) is 10.8. The van der Waals surface area contributed by atoms with E-state index in [0.29, 0.717) is 43.7 Å². The first-order chi connectivity index (χ1) is 13.8. The van der Waals surface area contributed by atoms with Crippen molar-refractivity contribution in [1.29, 1.82) is 0 Å². The molecule has 4 saturated carbocycles. The molecule has 8 heteroatoms. The molecule has 0 aromatic carbocycles. The fraction of sp³-hybridized carbons (Fsp3) is 0.714. The van der Waals surface area contributed by atoms with Gasteiger partial charge < -0.3 is 10.4 Å². The number of aromatic nitrogens is 1. The van der Waals surface area contributed by atoms with E-state index in [4.69, 9.17) is 0 Å². The lowest BCUT2D eigenvalue weighted by Gasteiger charge is -2.58. The zero-order valence-electron chi connectivity index (χ0n) is 16.5. The molecule has 158 valence electrons. The van der Waals surface area contributed by atoms with Crippen LogP contribution in [0.4, 0.5) is 0 Å². The van der Waals surface area contributed by atoms with Gasteiger partial charge in [0.05, 0.1) is 5.60 Å². The molecule has 1 aromatic rings. The Morgan fingerprint density at radius 3 is 2.41 bits per heavy atom. The second-order valence-electron chi connectivity index (χ2n) is 9.58. The van der Waals surface area contributed by atoms with Crippen molar-refractivity contribution in [1.82, 2.24) is 14.6 Å². The number of rotatable bonds is 4. The Balaban J connectivity index is 1.19. The van der Waals surface area contributed by atoms with Crippen LogP contribution >= 0.6 is 0 Å². The van der Waals surface area contributed by atoms with E-state index in [1.807, 2.05) is 0 Å². The molecule has 4 aliphatic carbocycles. The van der Waals surface area contributed by atoms with Crippen molar-refractivity contribution in [3.63, 3.8) is 0 Å². The monoisotopic (exact) mass is 419 g/mol. The van der Waals surface area contributed by atoms with Crippen LogP contribution in [-0.2, 0) is 14.8 Å². The average Bonchev–Trinajstić information content (AvgIpc) is 2.70. The van der Waals surface area contributed by atoms with Crippen LogP contribution in [-0.4, -0.2) is 53.5 Å². The Morgan fingerprint density at radius 2 is 1.83 bits per heavy atom. The van der Waals surface area contributed by atoms with E-state index in [1.54, 1.807) is 12.1 Å². The largest absolute Gasteiger partial charge is 0.390 e. The van der Waals surface area contributed by atoms with E-state index < -0.39 is 15.6 Å². The van der Waals surface area contributed by atoms with Crippen molar-refractivity contribution in [3.8, 4) is 0 Å². The number of pyridine rings is 1. The van der Waals surface area contributed by atoms with Crippen LogP contribution in [0, 0.1) is 23.7 Å². The first-order valence-corrected chi connectivity index (χ1v) is 12.2. The maximum absolute atomic E-state index is 12.9. The number of hydrogen-bond acceptors (Lipinski definition) is 5. The van der Waals surface area contributed by atoms with E-state index in [0.717, 1.165) is 32.1 Å². The van der Waals surface area contributed by atoms with Crippen LogP contribution in [0.5, 0.6) is 0 Å². The molecule has 2 atom stereocenters. The molecule has 2 N–H and O–H groups in total. The van der Waals surface area contributed by atoms with Crippen molar-refractivity contribution >= 4 is 15.9 Å². The van der Waals surface area contributed by atoms with Crippen LogP contribution < -0.4 is 5.32 Å². The van der Waals surface area contributed by atoms with Gasteiger partial charge in [0, 0.05) is 31.2 Å². The van der Waals surface area contributed by atoms with Gasteiger partial charge in [0.25, 0.3) is 10.0 Å². The Kier molecular flexibility index (Phi) is 4.71. The third-order valence-electron chi connectivity index (χ3n) is 7.62. The zero-order chi connectivity index (χ0) is 20.2. The Labute approximate surface area is 171 Å². The smallest absolute Gasteiger partial charge is 0.260 e. The molecule has 1 amide bonds. The fourth-order valence-corrected chi connectivity index (χ4v) is 7.89. The highest BCUT2D eigenvalue weighted by Crippen LogP contribution is 2.55. The highest BCUT2D eigenvalue weighted by Gasteiger charge is 2.55. The van der Waals surface area contributed by atoms with E-state index in [1.165, 1.54) is 16.6 Å². The number of hydrogen-bond donors (Lipinski definition) is 2. The lowest BCUT2D eigenvalue weighted by Crippen LogP contribution is -2.62. The molecule has 0 radical (unpaired) electrons. The van der Waals surface area contributed by atoms with Gasteiger partial charge in [-0.05, 0) is 74.8 Å². The molecule has 5 fully saturated rings. The lowest BCUT2D eigenvalue weighted by molar-refractivity contribution is -0.148. The van der Waals surface area contributed by atoms with E-state index >= 15 is 0 Å². The van der Waals surface area contributed by atoms with Crippen LogP contribution in [0.25, 0.3) is 0 Å². The summed E-state index contributed by atoms with van der Waals surface area (Å²) < 4.78 is 26.9. The van der Waals surface area contributed by atoms with E-state index in [-0.39, 0.29) is 22.9 Å². The molecule has 1 aliphatic heterocycles. The van der Waals surface area contributed by atoms with Crippen molar-refractivity contribution in [3.05, 3.63) is 24.4 Å². The lowest BCUT2D eigenvalue weighted by atomic mass is 9.52. The fourth-order valence-electron chi connectivity index (χ4n) is 6.49. The van der Waals surface area contributed by atoms with Gasteiger partial charge >= 0.3 is 0 Å². The number of nitrogens with one attached hydrogen (secondary N) is 1. The van der Waals surface area contributed by atoms with Crippen molar-refractivity contribution in [2.75, 3.05) is 13.1 Å². The van der Waals surface area contributed by atoms with Gasteiger partial charge in [-0.3, -0.25) is 4.79 Å². The molecule has 6 rings (SSSR count). The highest BCUT2D eigenvalue weighted by molar-refractivity contribution is 7.89. The van der Waals surface area contributed by atoms with Crippen LogP contribution in [0.1, 0.15) is 44.9 Å². The molecule has 4 bridgehead atoms. The Hall–Kier alpha value is -1.51. The Bertz CT molecular complexity index is 866. The van der Waals surface area contributed by atoms with Crippen LogP contribution in [0.2, 0.25) is 0 Å². The van der Waals surface area contributed by atoms with E-state index in [9.17, 15) is 18.3 Å². The molecule has 2 heterocycles. The minimum atomic E-state index is -3.60. The number of carbonyl (C=O) groups is 1. The van der Waals surface area contributed by atoms with Gasteiger partial charge in [-0.2, -0.15) is 4.31 Å². The SMILES string of the molecule is O=C(NC1C2CC3CC1CC(O)(C3)C2)C1CCN(S(=O)(=O)c2ccccn2)CC1. The van der Waals surface area contributed by atoms with Gasteiger partial charge in [-0.25, -0.2) is 13.4 Å². The molecule has 2 unspecified atom stereocenters. The average molecular weight is 420 g/mol. The van der Waals surface area contributed by atoms with E-state index in [2.05, 4.69) is 10.3 Å². The number of nitrogens with zero attached hydrogens (tertiary/aromatic N) is 2. The minimum Gasteiger partial charge on any atom is -0.390 e. The molecular formula is C21H29N3O4S. The Morgan fingerprint density at radius 1 is 1.14 bits per heavy atom. The summed E-state index contributed by atoms with van der Waals surface area (Å²) in [5.74, 6) is 1.31. The second kappa shape index (κ2) is 7.03. The van der Waals surface area contributed by atoms with Gasteiger partial charge in [-0.1, -0.05) is 6.07 Å². The molecule has 1 saturated heterocycles. The predicted octanol–water partition coefficient (Wildman–Crippen LogP) is 1.54. The number of sulfonamides is 1. The topological polar surface area (TPSA) is 99.6 Å². The molecule has 5 aliphatic rings. The van der Waals surface area contributed by atoms with Crippen LogP contribution in [0.3, 0.4) is 0 Å². The summed E-state index contributed by atoms with van der Waals surface area (Å²) >= 11 is 0. The highest BCUT2D eigenvalue weighted by atomic mass is 32.2. The van der Waals surface area contributed by atoms with Gasteiger partial charge in [-0.15, -0.1) is 0 Å². The van der Waals surface area contributed by atoms with Gasteiger partial charge in [0.2, 0.25) is 5.91 Å². The maximum atomic E-state index is 12.9. The molecule has 0 spiro atoms. The van der Waals surface area contributed by atoms with Crippen LogP contribution in [0.15, 0.2) is 29.4 Å². The third kappa shape index (κ3) is 3.49. The summed E-state index contributed by atoms with van der Waals surface area (Å²) in [5, 5.41) is 14.1. The summed E-state index contributed by atoms with van der Waals surface area (Å²) in [4.78, 5) is 16.9. The number of aliphatic hydroxyl groups is 1. The second-order valence-corrected chi connectivity index (χ2v) is 11.5. The third-order valence-corrected chi connectivity index (χ3v) is 9.43. The summed E-state index contributed by atoms with van der Waals surface area (Å²) in [7, 11) is -3.60.